The van der Waals surface area contributed by atoms with Gasteiger partial charge in [-0.15, -0.1) is 0 Å². The molecule has 1 aliphatic carbocycles. The maximum absolute atomic E-state index is 5.87. The zero-order valence-corrected chi connectivity index (χ0v) is 11.9. The lowest BCUT2D eigenvalue weighted by Crippen LogP contribution is -2.20. The number of nitrogens with two attached hydrogens (primary N) is 1. The molecule has 0 radical (unpaired) electrons. The minimum absolute atomic E-state index is 0.488. The predicted molar refractivity (Wildman–Crippen MR) is 83.5 cm³/mol. The first-order chi connectivity index (χ1) is 9.79. The Labute approximate surface area is 120 Å². The maximum Gasteiger partial charge on any atom is 0.132 e. The van der Waals surface area contributed by atoms with Crippen LogP contribution in [0.5, 0.6) is 0 Å². The number of nitrogens with zero attached hydrogens (tertiary/aromatic N) is 2. The molecule has 3 heteroatoms. The fraction of sp³-hybridized carbons (Fsp3) is 0.353. The lowest BCUT2D eigenvalue weighted by molar-refractivity contribution is 0.551. The van der Waals surface area contributed by atoms with Crippen molar-refractivity contribution in [3.05, 3.63) is 53.7 Å². The molecular formula is C17H21N3. The van der Waals surface area contributed by atoms with E-state index < -0.39 is 0 Å². The van der Waals surface area contributed by atoms with Crippen molar-refractivity contribution in [3.63, 3.8) is 0 Å². The number of para-hydroxylation sites is 1. The number of hydrogen-bond acceptors (Lipinski definition) is 3. The molecule has 1 aliphatic rings. The SMILES string of the molecule is CN(c1ccccc1)c1ccc2c(n1)CCCC2CN. The normalized spacial score (nSPS) is 17.6. The highest BCUT2D eigenvalue weighted by molar-refractivity contribution is 5.59. The largest absolute Gasteiger partial charge is 0.330 e. The molecular weight excluding hydrogens is 246 g/mol. The van der Waals surface area contributed by atoms with Crippen LogP contribution >= 0.6 is 0 Å². The van der Waals surface area contributed by atoms with Crippen LogP contribution in [-0.4, -0.2) is 18.6 Å². The second kappa shape index (κ2) is 5.63. The van der Waals surface area contributed by atoms with Crippen LogP contribution < -0.4 is 10.6 Å². The van der Waals surface area contributed by atoms with Crippen LogP contribution in [0.3, 0.4) is 0 Å². The van der Waals surface area contributed by atoms with Crippen LogP contribution in [0.15, 0.2) is 42.5 Å². The van der Waals surface area contributed by atoms with E-state index in [1.54, 1.807) is 0 Å². The Kier molecular flexibility index (Phi) is 3.70. The van der Waals surface area contributed by atoms with Crippen molar-refractivity contribution in [3.8, 4) is 0 Å². The van der Waals surface area contributed by atoms with Gasteiger partial charge in [-0.05, 0) is 55.5 Å². The van der Waals surface area contributed by atoms with Gasteiger partial charge in [0, 0.05) is 18.4 Å². The Morgan fingerprint density at radius 2 is 2.00 bits per heavy atom. The lowest BCUT2D eigenvalue weighted by atomic mass is 9.86. The van der Waals surface area contributed by atoms with Crippen molar-refractivity contribution < 1.29 is 0 Å². The molecule has 1 aromatic carbocycles. The molecule has 0 bridgehead atoms. The van der Waals surface area contributed by atoms with Crippen molar-refractivity contribution in [2.75, 3.05) is 18.5 Å². The first kappa shape index (κ1) is 13.1. The molecule has 0 saturated heterocycles. The Bertz CT molecular complexity index is 580. The summed E-state index contributed by atoms with van der Waals surface area (Å²) in [4.78, 5) is 6.99. The van der Waals surface area contributed by atoms with Crippen molar-refractivity contribution >= 4 is 11.5 Å². The van der Waals surface area contributed by atoms with Gasteiger partial charge in [0.15, 0.2) is 0 Å². The maximum atomic E-state index is 5.87. The van der Waals surface area contributed by atoms with Gasteiger partial charge in [-0.1, -0.05) is 24.3 Å². The van der Waals surface area contributed by atoms with Gasteiger partial charge in [-0.2, -0.15) is 0 Å². The van der Waals surface area contributed by atoms with E-state index in [0.29, 0.717) is 5.92 Å². The monoisotopic (exact) mass is 267 g/mol. The van der Waals surface area contributed by atoms with Crippen LogP contribution in [0.25, 0.3) is 0 Å². The van der Waals surface area contributed by atoms with Crippen molar-refractivity contribution in [2.45, 2.75) is 25.2 Å². The molecule has 2 N–H and O–H groups in total. The molecule has 20 heavy (non-hydrogen) atoms. The molecule has 0 fully saturated rings. The van der Waals surface area contributed by atoms with Crippen molar-refractivity contribution in [1.29, 1.82) is 0 Å². The molecule has 0 aliphatic heterocycles. The number of aryl methyl sites for hydroxylation is 1. The standard InChI is InChI=1S/C17H21N3/c1-20(14-7-3-2-4-8-14)17-11-10-15-13(12-18)6-5-9-16(15)19-17/h2-4,7-8,10-11,13H,5-6,9,12,18H2,1H3. The number of anilines is 2. The third kappa shape index (κ3) is 2.41. The summed E-state index contributed by atoms with van der Waals surface area (Å²) >= 11 is 0. The van der Waals surface area contributed by atoms with E-state index in [1.165, 1.54) is 24.1 Å². The van der Waals surface area contributed by atoms with Crippen LogP contribution in [0.4, 0.5) is 11.5 Å². The fourth-order valence-electron chi connectivity index (χ4n) is 2.96. The summed E-state index contributed by atoms with van der Waals surface area (Å²) in [5, 5.41) is 0. The van der Waals surface area contributed by atoms with E-state index in [0.717, 1.165) is 24.5 Å². The van der Waals surface area contributed by atoms with Crippen LogP contribution in [-0.2, 0) is 6.42 Å². The fourth-order valence-corrected chi connectivity index (χ4v) is 2.96. The van der Waals surface area contributed by atoms with Crippen molar-refractivity contribution in [1.82, 2.24) is 4.98 Å². The molecule has 2 aromatic rings. The highest BCUT2D eigenvalue weighted by Crippen LogP contribution is 2.32. The molecule has 1 heterocycles. The number of rotatable bonds is 3. The van der Waals surface area contributed by atoms with Gasteiger partial charge in [0.2, 0.25) is 0 Å². The summed E-state index contributed by atoms with van der Waals surface area (Å²) < 4.78 is 0. The van der Waals surface area contributed by atoms with E-state index in [1.807, 2.05) is 6.07 Å². The molecule has 0 spiro atoms. The van der Waals surface area contributed by atoms with E-state index in [-0.39, 0.29) is 0 Å². The summed E-state index contributed by atoms with van der Waals surface area (Å²) in [5.74, 6) is 1.50. The number of aromatic nitrogens is 1. The lowest BCUT2D eigenvalue weighted by Gasteiger charge is -2.26. The highest BCUT2D eigenvalue weighted by Gasteiger charge is 2.21. The summed E-state index contributed by atoms with van der Waals surface area (Å²) in [5.41, 5.74) is 9.61. The number of benzene rings is 1. The molecule has 1 unspecified atom stereocenters. The predicted octanol–water partition coefficient (Wildman–Crippen LogP) is 3.23. The van der Waals surface area contributed by atoms with E-state index in [2.05, 4.69) is 48.3 Å². The molecule has 0 amide bonds. The third-order valence-corrected chi connectivity index (χ3v) is 4.17. The number of pyridine rings is 1. The average molecular weight is 267 g/mol. The molecule has 3 rings (SSSR count). The Hall–Kier alpha value is -1.87. The molecule has 1 aromatic heterocycles. The van der Waals surface area contributed by atoms with E-state index in [4.69, 9.17) is 10.7 Å². The minimum Gasteiger partial charge on any atom is -0.330 e. The smallest absolute Gasteiger partial charge is 0.132 e. The zero-order chi connectivity index (χ0) is 13.9. The Balaban J connectivity index is 1.92. The van der Waals surface area contributed by atoms with Gasteiger partial charge in [0.05, 0.1) is 0 Å². The summed E-state index contributed by atoms with van der Waals surface area (Å²) in [7, 11) is 2.06. The summed E-state index contributed by atoms with van der Waals surface area (Å²) in [6, 6.07) is 14.7. The first-order valence-corrected chi connectivity index (χ1v) is 7.28. The van der Waals surface area contributed by atoms with E-state index >= 15 is 0 Å². The van der Waals surface area contributed by atoms with Gasteiger partial charge in [-0.25, -0.2) is 4.98 Å². The highest BCUT2D eigenvalue weighted by atomic mass is 15.2. The summed E-state index contributed by atoms with van der Waals surface area (Å²) in [6.45, 7) is 0.725. The second-order valence-electron chi connectivity index (χ2n) is 5.42. The second-order valence-corrected chi connectivity index (χ2v) is 5.42. The van der Waals surface area contributed by atoms with Gasteiger partial charge in [-0.3, -0.25) is 0 Å². The Morgan fingerprint density at radius 3 is 2.75 bits per heavy atom. The Morgan fingerprint density at radius 1 is 1.20 bits per heavy atom. The first-order valence-electron chi connectivity index (χ1n) is 7.28. The van der Waals surface area contributed by atoms with Crippen LogP contribution in [0, 0.1) is 0 Å². The minimum atomic E-state index is 0.488. The van der Waals surface area contributed by atoms with Gasteiger partial charge >= 0.3 is 0 Å². The summed E-state index contributed by atoms with van der Waals surface area (Å²) in [6.07, 6.45) is 3.46. The quantitative estimate of drug-likeness (QED) is 0.928. The third-order valence-electron chi connectivity index (χ3n) is 4.17. The zero-order valence-electron chi connectivity index (χ0n) is 11.9. The average Bonchev–Trinajstić information content (AvgIpc) is 2.53. The molecule has 3 nitrogen and oxygen atoms in total. The van der Waals surface area contributed by atoms with Gasteiger partial charge < -0.3 is 10.6 Å². The number of fused-ring (bicyclic) bond motifs is 1. The topological polar surface area (TPSA) is 42.2 Å². The number of hydrogen-bond donors (Lipinski definition) is 1. The molecule has 104 valence electrons. The van der Waals surface area contributed by atoms with Gasteiger partial charge in [0.1, 0.15) is 5.82 Å². The van der Waals surface area contributed by atoms with Crippen molar-refractivity contribution in [2.24, 2.45) is 5.73 Å². The van der Waals surface area contributed by atoms with Crippen LogP contribution in [0.1, 0.15) is 30.0 Å². The van der Waals surface area contributed by atoms with Crippen LogP contribution in [0.2, 0.25) is 0 Å². The van der Waals surface area contributed by atoms with E-state index in [9.17, 15) is 0 Å². The molecule has 0 saturated carbocycles. The molecule has 1 atom stereocenters. The van der Waals surface area contributed by atoms with Gasteiger partial charge in [0.25, 0.3) is 0 Å².